The second-order valence-electron chi connectivity index (χ2n) is 10.0. The van der Waals surface area contributed by atoms with Gasteiger partial charge in [-0.05, 0) is 100 Å². The highest BCUT2D eigenvalue weighted by Gasteiger charge is 2.30. The van der Waals surface area contributed by atoms with E-state index in [0.717, 1.165) is 16.0 Å². The van der Waals surface area contributed by atoms with Crippen molar-refractivity contribution in [2.45, 2.75) is 50.0 Å². The van der Waals surface area contributed by atoms with E-state index in [4.69, 9.17) is 9.78 Å². The molecule has 1 N–H and O–H groups in total. The van der Waals surface area contributed by atoms with Crippen LogP contribution in [0.15, 0.2) is 70.5 Å². The number of fused-ring (bicyclic) bond motifs is 1. The van der Waals surface area contributed by atoms with Crippen LogP contribution in [0.4, 0.5) is 11.4 Å². The second kappa shape index (κ2) is 10.8. The third-order valence-corrected chi connectivity index (χ3v) is 8.40. The second-order valence-corrected chi connectivity index (χ2v) is 13.0. The molecule has 1 aliphatic heterocycles. The molecule has 0 aromatic heterocycles. The molecule has 1 aliphatic rings. The van der Waals surface area contributed by atoms with Crippen LogP contribution in [0.5, 0.6) is 0 Å². The average Bonchev–Trinajstić information content (AvgIpc) is 2.86. The summed E-state index contributed by atoms with van der Waals surface area (Å²) in [5.74, 6) is -0.438. The number of amides is 1. The number of carbonyl (C=O) groups is 2. The van der Waals surface area contributed by atoms with Crippen LogP contribution in [0.2, 0.25) is 0 Å². The number of anilines is 2. The smallest absolute Gasteiger partial charge is 0.322 e. The molecule has 0 bridgehead atoms. The van der Waals surface area contributed by atoms with E-state index in [-0.39, 0.29) is 10.5 Å². The van der Waals surface area contributed by atoms with Crippen molar-refractivity contribution in [1.82, 2.24) is 0 Å². The lowest BCUT2D eigenvalue weighted by Gasteiger charge is -2.30. The third kappa shape index (κ3) is 6.38. The number of benzene rings is 3. The minimum Gasteiger partial charge on any atom is -0.322 e. The molecule has 0 radical (unpaired) electrons. The standard InChI is InChI=1S/C28H30N2O6S2/c1-18-14-19(2)16-23(15-18)38(33,34)30-12-13-37-25-11-8-21(17-24(25)30)26(31)29-22-9-6-20(7-10-22)27(32)35-36-28(3,4)5/h6-11,14-17H,12-13H2,1-5H3,(H,29,31). The third-order valence-electron chi connectivity index (χ3n) is 5.57. The first-order valence-corrected chi connectivity index (χ1v) is 14.5. The molecule has 10 heteroatoms. The minimum absolute atomic E-state index is 0.231. The SMILES string of the molecule is Cc1cc(C)cc(S(=O)(=O)N2CCSc3ccc(C(=O)Nc4ccc(C(=O)OOC(C)(C)C)cc4)cc32)c1. The number of rotatable bonds is 6. The van der Waals surface area contributed by atoms with Gasteiger partial charge in [0.1, 0.15) is 5.60 Å². The van der Waals surface area contributed by atoms with E-state index in [1.165, 1.54) is 16.4 Å². The summed E-state index contributed by atoms with van der Waals surface area (Å²) in [7, 11) is -3.81. The lowest BCUT2D eigenvalue weighted by molar-refractivity contribution is -0.301. The number of hydrogen-bond acceptors (Lipinski definition) is 7. The van der Waals surface area contributed by atoms with Crippen molar-refractivity contribution in [2.24, 2.45) is 0 Å². The molecular weight excluding hydrogens is 524 g/mol. The molecule has 8 nitrogen and oxygen atoms in total. The zero-order valence-electron chi connectivity index (χ0n) is 21.9. The molecule has 1 heterocycles. The van der Waals surface area contributed by atoms with Gasteiger partial charge in [0.25, 0.3) is 15.9 Å². The maximum atomic E-state index is 13.6. The summed E-state index contributed by atoms with van der Waals surface area (Å²) in [6.07, 6.45) is 0. The molecule has 4 rings (SSSR count). The van der Waals surface area contributed by atoms with Gasteiger partial charge in [-0.1, -0.05) is 6.07 Å². The lowest BCUT2D eigenvalue weighted by Crippen LogP contribution is -2.35. The fourth-order valence-corrected chi connectivity index (χ4v) is 6.71. The highest BCUT2D eigenvalue weighted by atomic mass is 32.2. The van der Waals surface area contributed by atoms with Gasteiger partial charge in [-0.3, -0.25) is 14.0 Å². The summed E-state index contributed by atoms with van der Waals surface area (Å²) < 4.78 is 28.5. The summed E-state index contributed by atoms with van der Waals surface area (Å²) >= 11 is 1.55. The Bertz CT molecular complexity index is 1460. The van der Waals surface area contributed by atoms with E-state index in [9.17, 15) is 18.0 Å². The van der Waals surface area contributed by atoms with Crippen LogP contribution in [-0.4, -0.2) is 38.2 Å². The first-order valence-electron chi connectivity index (χ1n) is 12.0. The summed E-state index contributed by atoms with van der Waals surface area (Å²) in [6, 6.07) is 16.5. The largest absolute Gasteiger partial charge is 0.373 e. The summed E-state index contributed by atoms with van der Waals surface area (Å²) in [4.78, 5) is 36.1. The summed E-state index contributed by atoms with van der Waals surface area (Å²) in [5.41, 5.74) is 2.62. The number of nitrogens with zero attached hydrogens (tertiary/aromatic N) is 1. The Morgan fingerprint density at radius 1 is 0.921 bits per heavy atom. The van der Waals surface area contributed by atoms with E-state index in [1.54, 1.807) is 75.0 Å². The Labute approximate surface area is 227 Å². The molecule has 0 atom stereocenters. The quantitative estimate of drug-likeness (QED) is 0.306. The first-order chi connectivity index (χ1) is 17.8. The summed E-state index contributed by atoms with van der Waals surface area (Å²) in [6.45, 7) is 9.31. The van der Waals surface area contributed by atoms with Crippen LogP contribution in [0.25, 0.3) is 0 Å². The maximum absolute atomic E-state index is 13.6. The van der Waals surface area contributed by atoms with E-state index in [2.05, 4.69) is 5.32 Å². The van der Waals surface area contributed by atoms with Crippen molar-refractivity contribution >= 4 is 45.0 Å². The predicted octanol–water partition coefficient (Wildman–Crippen LogP) is 5.74. The summed E-state index contributed by atoms with van der Waals surface area (Å²) in [5, 5.41) is 2.79. The number of nitrogens with one attached hydrogen (secondary N) is 1. The van der Waals surface area contributed by atoms with Gasteiger partial charge in [-0.2, -0.15) is 4.89 Å². The zero-order valence-corrected chi connectivity index (χ0v) is 23.5. The molecule has 0 fully saturated rings. The van der Waals surface area contributed by atoms with Crippen LogP contribution < -0.4 is 9.62 Å². The molecule has 0 aliphatic carbocycles. The Morgan fingerprint density at radius 3 is 2.18 bits per heavy atom. The Hall–Kier alpha value is -3.34. The van der Waals surface area contributed by atoms with E-state index in [0.29, 0.717) is 29.2 Å². The molecular formula is C28H30N2O6S2. The van der Waals surface area contributed by atoms with Crippen LogP contribution >= 0.6 is 11.8 Å². The van der Waals surface area contributed by atoms with Gasteiger partial charge in [-0.25, -0.2) is 13.2 Å². The van der Waals surface area contributed by atoms with Crippen molar-refractivity contribution in [1.29, 1.82) is 0 Å². The first kappa shape index (κ1) is 27.7. The van der Waals surface area contributed by atoms with Gasteiger partial charge < -0.3 is 5.32 Å². The van der Waals surface area contributed by atoms with E-state index < -0.39 is 27.5 Å². The Balaban J connectivity index is 1.53. The molecule has 0 saturated heterocycles. The Morgan fingerprint density at radius 2 is 1.55 bits per heavy atom. The van der Waals surface area contributed by atoms with Crippen LogP contribution in [0, 0.1) is 13.8 Å². The number of hydrogen-bond donors (Lipinski definition) is 1. The number of thioether (sulfide) groups is 1. The monoisotopic (exact) mass is 554 g/mol. The van der Waals surface area contributed by atoms with Crippen molar-refractivity contribution in [3.63, 3.8) is 0 Å². The number of aryl methyl sites for hydroxylation is 2. The van der Waals surface area contributed by atoms with E-state index >= 15 is 0 Å². The van der Waals surface area contributed by atoms with Gasteiger partial charge in [0, 0.05) is 28.4 Å². The normalized spacial score (nSPS) is 13.6. The van der Waals surface area contributed by atoms with Crippen molar-refractivity contribution in [3.05, 3.63) is 82.9 Å². The molecule has 3 aromatic carbocycles. The van der Waals surface area contributed by atoms with Gasteiger partial charge in [0.2, 0.25) is 0 Å². The van der Waals surface area contributed by atoms with Crippen molar-refractivity contribution in [2.75, 3.05) is 21.9 Å². The van der Waals surface area contributed by atoms with Crippen LogP contribution in [0.3, 0.4) is 0 Å². The molecule has 0 saturated carbocycles. The van der Waals surface area contributed by atoms with Gasteiger partial charge >= 0.3 is 5.97 Å². The van der Waals surface area contributed by atoms with Gasteiger partial charge in [0.05, 0.1) is 16.1 Å². The highest BCUT2D eigenvalue weighted by Crippen LogP contribution is 2.38. The molecule has 38 heavy (non-hydrogen) atoms. The van der Waals surface area contributed by atoms with Gasteiger partial charge in [-0.15, -0.1) is 11.8 Å². The van der Waals surface area contributed by atoms with Crippen LogP contribution in [-0.2, 0) is 19.8 Å². The maximum Gasteiger partial charge on any atom is 0.373 e. The highest BCUT2D eigenvalue weighted by molar-refractivity contribution is 8.00. The topological polar surface area (TPSA) is 102 Å². The molecule has 0 unspecified atom stereocenters. The zero-order chi connectivity index (χ0) is 27.7. The number of carbonyl (C=O) groups excluding carboxylic acids is 2. The van der Waals surface area contributed by atoms with E-state index in [1.807, 2.05) is 19.9 Å². The molecule has 0 spiro atoms. The van der Waals surface area contributed by atoms with Gasteiger partial charge in [0.15, 0.2) is 0 Å². The number of sulfonamides is 1. The fourth-order valence-electron chi connectivity index (χ4n) is 3.90. The average molecular weight is 555 g/mol. The van der Waals surface area contributed by atoms with Crippen molar-refractivity contribution in [3.8, 4) is 0 Å². The van der Waals surface area contributed by atoms with Crippen molar-refractivity contribution < 1.29 is 27.8 Å². The fraction of sp³-hybridized carbons (Fsp3) is 0.286. The molecule has 3 aromatic rings. The molecule has 1 amide bonds. The lowest BCUT2D eigenvalue weighted by atomic mass is 10.1. The Kier molecular flexibility index (Phi) is 7.87. The molecule has 200 valence electrons. The predicted molar refractivity (Wildman–Crippen MR) is 148 cm³/mol. The van der Waals surface area contributed by atoms with Crippen LogP contribution in [0.1, 0.15) is 52.6 Å². The minimum atomic E-state index is -3.81.